The summed E-state index contributed by atoms with van der Waals surface area (Å²) in [5, 5.41) is 18.2. The molecular weight excluding hydrogens is 394 g/mol. The van der Waals surface area contributed by atoms with Crippen molar-refractivity contribution in [3.63, 3.8) is 0 Å². The molecule has 3 aromatic rings. The number of β-amino-alcohol motifs (C(OH)–C–C–N with tert-alkyl or cyclic N) is 1. The van der Waals surface area contributed by atoms with Crippen LogP contribution in [0.15, 0.2) is 48.5 Å². The fraction of sp³-hybridized carbons (Fsp3) is 0.348. The Balaban J connectivity index is 1.69. The maximum absolute atomic E-state index is 9.17. The smallest absolute Gasteiger partial charge is 0.246 e. The number of nitrogens with zero attached hydrogens (tertiary/aromatic N) is 5. The lowest BCUT2D eigenvalue weighted by Gasteiger charge is -2.34. The third kappa shape index (κ3) is 4.76. The fourth-order valence-electron chi connectivity index (χ4n) is 3.66. The number of benzene rings is 2. The molecule has 0 saturated carbocycles. The molecule has 8 heteroatoms. The van der Waals surface area contributed by atoms with Gasteiger partial charge in [0.15, 0.2) is 0 Å². The minimum atomic E-state index is 0.177. The normalized spacial score (nSPS) is 14.5. The molecule has 8 nitrogen and oxygen atoms in total. The van der Waals surface area contributed by atoms with E-state index < -0.39 is 0 Å². The number of rotatable bonds is 7. The Morgan fingerprint density at radius 3 is 1.84 bits per heavy atom. The predicted octanol–water partition coefficient (Wildman–Crippen LogP) is 2.34. The number of methoxy groups -OCH3 is 2. The zero-order valence-electron chi connectivity index (χ0n) is 17.9. The van der Waals surface area contributed by atoms with Crippen LogP contribution in [0.25, 0.3) is 22.5 Å². The van der Waals surface area contributed by atoms with Gasteiger partial charge in [-0.1, -0.05) is 0 Å². The van der Waals surface area contributed by atoms with Gasteiger partial charge in [-0.15, -0.1) is 10.2 Å². The molecule has 2 heterocycles. The number of anilines is 1. The second kappa shape index (κ2) is 9.72. The summed E-state index contributed by atoms with van der Waals surface area (Å²) in [6.45, 7) is 4.19. The van der Waals surface area contributed by atoms with Gasteiger partial charge < -0.3 is 19.5 Å². The molecular formula is C23H27N5O3. The monoisotopic (exact) mass is 421 g/mol. The molecule has 31 heavy (non-hydrogen) atoms. The molecule has 162 valence electrons. The van der Waals surface area contributed by atoms with Crippen LogP contribution in [0.4, 0.5) is 5.95 Å². The number of aliphatic hydroxyl groups excluding tert-OH is 1. The van der Waals surface area contributed by atoms with Gasteiger partial charge in [0.25, 0.3) is 0 Å². The van der Waals surface area contributed by atoms with Gasteiger partial charge >= 0.3 is 0 Å². The zero-order chi connectivity index (χ0) is 21.6. The van der Waals surface area contributed by atoms with Crippen molar-refractivity contribution in [3.8, 4) is 34.0 Å². The van der Waals surface area contributed by atoms with E-state index in [2.05, 4.69) is 20.0 Å². The summed E-state index contributed by atoms with van der Waals surface area (Å²) in [6, 6.07) is 15.5. The largest absolute Gasteiger partial charge is 0.497 e. The van der Waals surface area contributed by atoms with Crippen LogP contribution in [0.2, 0.25) is 0 Å². The first-order valence-electron chi connectivity index (χ1n) is 10.3. The summed E-state index contributed by atoms with van der Waals surface area (Å²) >= 11 is 0. The molecule has 0 radical (unpaired) electrons. The minimum Gasteiger partial charge on any atom is -0.497 e. The van der Waals surface area contributed by atoms with Crippen molar-refractivity contribution in [2.24, 2.45) is 0 Å². The number of aromatic nitrogens is 3. The van der Waals surface area contributed by atoms with Gasteiger partial charge in [0, 0.05) is 43.9 Å². The van der Waals surface area contributed by atoms with Crippen molar-refractivity contribution in [2.45, 2.75) is 0 Å². The third-order valence-corrected chi connectivity index (χ3v) is 5.47. The molecule has 0 atom stereocenters. The summed E-state index contributed by atoms with van der Waals surface area (Å²) in [5.41, 5.74) is 3.36. The number of aliphatic hydroxyl groups is 1. The quantitative estimate of drug-likeness (QED) is 0.622. The van der Waals surface area contributed by atoms with E-state index in [4.69, 9.17) is 19.6 Å². The Hall–Kier alpha value is -3.23. The van der Waals surface area contributed by atoms with Gasteiger partial charge in [0.2, 0.25) is 5.95 Å². The lowest BCUT2D eigenvalue weighted by atomic mass is 10.0. The lowest BCUT2D eigenvalue weighted by Crippen LogP contribution is -2.47. The molecule has 0 unspecified atom stereocenters. The van der Waals surface area contributed by atoms with Crippen molar-refractivity contribution in [1.82, 2.24) is 20.1 Å². The molecule has 1 saturated heterocycles. The predicted molar refractivity (Wildman–Crippen MR) is 120 cm³/mol. The number of hydrogen-bond donors (Lipinski definition) is 1. The van der Waals surface area contributed by atoms with Crippen LogP contribution < -0.4 is 14.4 Å². The minimum absolute atomic E-state index is 0.177. The maximum Gasteiger partial charge on any atom is 0.246 e. The van der Waals surface area contributed by atoms with Gasteiger partial charge in [-0.3, -0.25) is 4.90 Å². The van der Waals surface area contributed by atoms with Gasteiger partial charge in [-0.05, 0) is 48.5 Å². The highest BCUT2D eigenvalue weighted by atomic mass is 16.5. The summed E-state index contributed by atoms with van der Waals surface area (Å²) in [6.07, 6.45) is 0. The first-order valence-corrected chi connectivity index (χ1v) is 10.3. The van der Waals surface area contributed by atoms with E-state index >= 15 is 0 Å². The van der Waals surface area contributed by atoms with Crippen LogP contribution >= 0.6 is 0 Å². The highest BCUT2D eigenvalue weighted by Crippen LogP contribution is 2.31. The van der Waals surface area contributed by atoms with Crippen LogP contribution in [0.1, 0.15) is 0 Å². The molecule has 1 aliphatic heterocycles. The summed E-state index contributed by atoms with van der Waals surface area (Å²) in [5.74, 6) is 2.19. The number of ether oxygens (including phenoxy) is 2. The lowest BCUT2D eigenvalue weighted by molar-refractivity contribution is 0.188. The molecule has 2 aromatic carbocycles. The number of hydrogen-bond acceptors (Lipinski definition) is 8. The van der Waals surface area contributed by atoms with Crippen molar-refractivity contribution in [3.05, 3.63) is 48.5 Å². The van der Waals surface area contributed by atoms with Crippen LogP contribution in [-0.4, -0.2) is 78.7 Å². The van der Waals surface area contributed by atoms with E-state index in [1.54, 1.807) is 14.2 Å². The fourth-order valence-corrected chi connectivity index (χ4v) is 3.66. The van der Waals surface area contributed by atoms with E-state index in [0.29, 0.717) is 12.5 Å². The van der Waals surface area contributed by atoms with Crippen molar-refractivity contribution >= 4 is 5.95 Å². The standard InChI is InChI=1S/C23H27N5O3/c1-30-19-7-3-17(4-8-19)21-22(18-5-9-20(31-2)10-6-18)25-26-23(24-21)28-13-11-27(12-14-28)15-16-29/h3-10,29H,11-16H2,1-2H3. The average molecular weight is 422 g/mol. The van der Waals surface area contributed by atoms with E-state index in [1.165, 1.54) is 0 Å². The Kier molecular flexibility index (Phi) is 6.59. The molecule has 1 aromatic heterocycles. The first-order chi connectivity index (χ1) is 15.2. The molecule has 1 aliphatic rings. The second-order valence-corrected chi connectivity index (χ2v) is 7.32. The summed E-state index contributed by atoms with van der Waals surface area (Å²) in [7, 11) is 3.30. The summed E-state index contributed by atoms with van der Waals surface area (Å²) < 4.78 is 10.6. The van der Waals surface area contributed by atoms with Crippen LogP contribution in [-0.2, 0) is 0 Å². The van der Waals surface area contributed by atoms with Crippen molar-refractivity contribution < 1.29 is 14.6 Å². The second-order valence-electron chi connectivity index (χ2n) is 7.32. The Labute approximate surface area is 182 Å². The molecule has 0 spiro atoms. The SMILES string of the molecule is COc1ccc(-c2nnc(N3CCN(CCO)CC3)nc2-c2ccc(OC)cc2)cc1. The van der Waals surface area contributed by atoms with Gasteiger partial charge in [-0.2, -0.15) is 0 Å². The Morgan fingerprint density at radius 2 is 1.32 bits per heavy atom. The van der Waals surface area contributed by atoms with E-state index in [1.807, 2.05) is 48.5 Å². The van der Waals surface area contributed by atoms with Crippen molar-refractivity contribution in [1.29, 1.82) is 0 Å². The third-order valence-electron chi connectivity index (χ3n) is 5.47. The molecule has 0 bridgehead atoms. The van der Waals surface area contributed by atoms with Gasteiger partial charge in [0.1, 0.15) is 22.9 Å². The zero-order valence-corrected chi connectivity index (χ0v) is 17.9. The first kappa shape index (κ1) is 21.0. The van der Waals surface area contributed by atoms with E-state index in [-0.39, 0.29) is 6.61 Å². The topological polar surface area (TPSA) is 83.8 Å². The highest BCUT2D eigenvalue weighted by Gasteiger charge is 2.21. The Morgan fingerprint density at radius 1 is 0.774 bits per heavy atom. The highest BCUT2D eigenvalue weighted by molar-refractivity contribution is 5.78. The van der Waals surface area contributed by atoms with Crippen LogP contribution in [0, 0.1) is 0 Å². The number of piperazine rings is 1. The van der Waals surface area contributed by atoms with Crippen LogP contribution in [0.3, 0.4) is 0 Å². The van der Waals surface area contributed by atoms with Gasteiger partial charge in [-0.25, -0.2) is 4.98 Å². The van der Waals surface area contributed by atoms with Gasteiger partial charge in [0.05, 0.1) is 20.8 Å². The van der Waals surface area contributed by atoms with E-state index in [0.717, 1.165) is 60.2 Å². The van der Waals surface area contributed by atoms with E-state index in [9.17, 15) is 0 Å². The molecule has 4 rings (SSSR count). The molecule has 1 N–H and O–H groups in total. The molecule has 0 aliphatic carbocycles. The maximum atomic E-state index is 9.17. The van der Waals surface area contributed by atoms with Crippen molar-refractivity contribution in [2.75, 3.05) is 58.5 Å². The molecule has 0 amide bonds. The average Bonchev–Trinajstić information content (AvgIpc) is 2.84. The molecule has 1 fully saturated rings. The van der Waals surface area contributed by atoms with Crippen LogP contribution in [0.5, 0.6) is 11.5 Å². The summed E-state index contributed by atoms with van der Waals surface area (Å²) in [4.78, 5) is 9.31. The Bertz CT molecular complexity index is 987.